The molecule has 2 aromatic rings. The summed E-state index contributed by atoms with van der Waals surface area (Å²) in [7, 11) is 0. The number of rotatable bonds is 5. The molecule has 0 bridgehead atoms. The third-order valence-corrected chi connectivity index (χ3v) is 3.57. The van der Waals surface area contributed by atoms with Crippen molar-refractivity contribution in [2.45, 2.75) is 24.0 Å². The summed E-state index contributed by atoms with van der Waals surface area (Å²) in [6, 6.07) is 14.1. The van der Waals surface area contributed by atoms with E-state index in [1.165, 1.54) is 0 Å². The highest BCUT2D eigenvalue weighted by atomic mass is 32.2. The zero-order valence-corrected chi connectivity index (χ0v) is 12.3. The lowest BCUT2D eigenvalue weighted by molar-refractivity contribution is -0.115. The summed E-state index contributed by atoms with van der Waals surface area (Å²) in [4.78, 5) is 12.4. The first-order chi connectivity index (χ1) is 10.0. The molecular weight excluding hydrogens is 292 g/mol. The van der Waals surface area contributed by atoms with E-state index in [4.69, 9.17) is 0 Å². The SMILES string of the molecule is Cc1ccc(CC(=O)Nc2ccc(SC(F)F)cc2)cc1. The van der Waals surface area contributed by atoms with Gasteiger partial charge in [-0.2, -0.15) is 8.78 Å². The van der Waals surface area contributed by atoms with E-state index >= 15 is 0 Å². The van der Waals surface area contributed by atoms with Gasteiger partial charge < -0.3 is 5.32 Å². The topological polar surface area (TPSA) is 29.1 Å². The van der Waals surface area contributed by atoms with Gasteiger partial charge in [-0.05, 0) is 36.8 Å². The van der Waals surface area contributed by atoms with Crippen molar-refractivity contribution >= 4 is 23.4 Å². The number of aryl methyl sites for hydroxylation is 1. The molecule has 21 heavy (non-hydrogen) atoms. The van der Waals surface area contributed by atoms with Crippen LogP contribution >= 0.6 is 11.8 Å². The van der Waals surface area contributed by atoms with Crippen molar-refractivity contribution in [3.63, 3.8) is 0 Å². The molecule has 0 atom stereocenters. The molecule has 0 aliphatic rings. The first-order valence-corrected chi connectivity index (χ1v) is 7.31. The van der Waals surface area contributed by atoms with Crippen molar-refractivity contribution in [3.8, 4) is 0 Å². The van der Waals surface area contributed by atoms with Gasteiger partial charge in [-0.15, -0.1) is 0 Å². The van der Waals surface area contributed by atoms with E-state index in [-0.39, 0.29) is 12.3 Å². The minimum Gasteiger partial charge on any atom is -0.326 e. The molecule has 2 rings (SSSR count). The van der Waals surface area contributed by atoms with Crippen LogP contribution in [-0.4, -0.2) is 11.7 Å². The van der Waals surface area contributed by atoms with Gasteiger partial charge in [-0.1, -0.05) is 41.6 Å². The van der Waals surface area contributed by atoms with Crippen LogP contribution in [0.2, 0.25) is 0 Å². The monoisotopic (exact) mass is 307 g/mol. The second-order valence-corrected chi connectivity index (χ2v) is 5.68. The van der Waals surface area contributed by atoms with Crippen LogP contribution in [-0.2, 0) is 11.2 Å². The number of alkyl halides is 2. The Balaban J connectivity index is 1.91. The lowest BCUT2D eigenvalue weighted by atomic mass is 10.1. The van der Waals surface area contributed by atoms with Crippen LogP contribution < -0.4 is 5.32 Å². The zero-order valence-electron chi connectivity index (χ0n) is 11.5. The van der Waals surface area contributed by atoms with Crippen LogP contribution in [0.25, 0.3) is 0 Å². The first-order valence-electron chi connectivity index (χ1n) is 6.43. The Kier molecular flexibility index (Phi) is 5.33. The molecule has 0 radical (unpaired) electrons. The number of carbonyl (C=O) groups is 1. The maximum absolute atomic E-state index is 12.2. The summed E-state index contributed by atoms with van der Waals surface area (Å²) < 4.78 is 24.4. The predicted octanol–water partition coefficient (Wildman–Crippen LogP) is 4.49. The molecule has 0 aliphatic heterocycles. The molecule has 1 N–H and O–H groups in total. The average Bonchev–Trinajstić information content (AvgIpc) is 2.43. The van der Waals surface area contributed by atoms with E-state index in [2.05, 4.69) is 5.32 Å². The number of nitrogens with one attached hydrogen (secondary N) is 1. The van der Waals surface area contributed by atoms with Crippen LogP contribution in [0.4, 0.5) is 14.5 Å². The molecule has 0 spiro atoms. The molecule has 0 aromatic heterocycles. The largest absolute Gasteiger partial charge is 0.326 e. The van der Waals surface area contributed by atoms with Gasteiger partial charge in [0.1, 0.15) is 0 Å². The van der Waals surface area contributed by atoms with E-state index in [9.17, 15) is 13.6 Å². The highest BCUT2D eigenvalue weighted by molar-refractivity contribution is 7.99. The molecule has 5 heteroatoms. The molecule has 0 heterocycles. The number of anilines is 1. The summed E-state index contributed by atoms with van der Waals surface area (Å²) in [5, 5.41) is 2.75. The lowest BCUT2D eigenvalue weighted by Crippen LogP contribution is -2.14. The van der Waals surface area contributed by atoms with Gasteiger partial charge in [-0.25, -0.2) is 0 Å². The first kappa shape index (κ1) is 15.5. The van der Waals surface area contributed by atoms with E-state index in [1.54, 1.807) is 24.3 Å². The summed E-state index contributed by atoms with van der Waals surface area (Å²) in [6.45, 7) is 1.99. The van der Waals surface area contributed by atoms with Gasteiger partial charge in [0.2, 0.25) is 5.91 Å². The smallest absolute Gasteiger partial charge is 0.288 e. The molecule has 110 valence electrons. The normalized spacial score (nSPS) is 10.7. The van der Waals surface area contributed by atoms with Crippen LogP contribution in [0, 0.1) is 6.92 Å². The molecule has 0 unspecified atom stereocenters. The van der Waals surface area contributed by atoms with E-state index in [0.717, 1.165) is 11.1 Å². The van der Waals surface area contributed by atoms with Gasteiger partial charge >= 0.3 is 0 Å². The summed E-state index contributed by atoms with van der Waals surface area (Å²) >= 11 is 0.484. The van der Waals surface area contributed by atoms with Crippen molar-refractivity contribution in [1.29, 1.82) is 0 Å². The van der Waals surface area contributed by atoms with Gasteiger partial charge in [0.25, 0.3) is 5.76 Å². The minimum absolute atomic E-state index is 0.131. The van der Waals surface area contributed by atoms with Gasteiger partial charge in [0, 0.05) is 10.6 Å². The fourth-order valence-corrected chi connectivity index (χ4v) is 2.32. The average molecular weight is 307 g/mol. The van der Waals surface area contributed by atoms with Crippen molar-refractivity contribution in [1.82, 2.24) is 0 Å². The van der Waals surface area contributed by atoms with E-state index < -0.39 is 5.76 Å². The molecule has 2 aromatic carbocycles. The maximum atomic E-state index is 12.2. The van der Waals surface area contributed by atoms with Crippen molar-refractivity contribution in [2.24, 2.45) is 0 Å². The maximum Gasteiger partial charge on any atom is 0.288 e. The van der Waals surface area contributed by atoms with Crippen LogP contribution in [0.15, 0.2) is 53.4 Å². The number of halogens is 2. The van der Waals surface area contributed by atoms with E-state index in [1.807, 2.05) is 31.2 Å². The van der Waals surface area contributed by atoms with Gasteiger partial charge in [0.15, 0.2) is 0 Å². The summed E-state index contributed by atoms with van der Waals surface area (Å²) in [6.07, 6.45) is 0.286. The van der Waals surface area contributed by atoms with Gasteiger partial charge in [0.05, 0.1) is 6.42 Å². The minimum atomic E-state index is -2.44. The fourth-order valence-electron chi connectivity index (χ4n) is 1.82. The Morgan fingerprint density at radius 1 is 1.10 bits per heavy atom. The standard InChI is InChI=1S/C16H15F2NOS/c1-11-2-4-12(5-3-11)10-15(20)19-13-6-8-14(9-7-13)21-16(17)18/h2-9,16H,10H2,1H3,(H,19,20). The van der Waals surface area contributed by atoms with Crippen LogP contribution in [0.1, 0.15) is 11.1 Å². The second kappa shape index (κ2) is 7.22. The fraction of sp³-hybridized carbons (Fsp3) is 0.188. The summed E-state index contributed by atoms with van der Waals surface area (Å²) in [5.41, 5.74) is 2.68. The number of hydrogen-bond donors (Lipinski definition) is 1. The van der Waals surface area contributed by atoms with Crippen molar-refractivity contribution in [3.05, 3.63) is 59.7 Å². The highest BCUT2D eigenvalue weighted by Crippen LogP contribution is 2.26. The molecule has 1 amide bonds. The zero-order chi connectivity index (χ0) is 15.2. The third kappa shape index (κ3) is 5.19. The Labute approximate surface area is 126 Å². The second-order valence-electron chi connectivity index (χ2n) is 4.61. The number of carbonyl (C=O) groups excluding carboxylic acids is 1. The third-order valence-electron chi connectivity index (χ3n) is 2.85. The highest BCUT2D eigenvalue weighted by Gasteiger charge is 2.07. The van der Waals surface area contributed by atoms with Crippen LogP contribution in [0.5, 0.6) is 0 Å². The quantitative estimate of drug-likeness (QED) is 0.825. The number of benzene rings is 2. The molecule has 2 nitrogen and oxygen atoms in total. The molecule has 0 fully saturated rings. The molecule has 0 saturated carbocycles. The Bertz CT molecular complexity index is 597. The molecule has 0 saturated heterocycles. The summed E-state index contributed by atoms with van der Waals surface area (Å²) in [5.74, 6) is -2.57. The van der Waals surface area contributed by atoms with Crippen molar-refractivity contribution < 1.29 is 13.6 Å². The number of amides is 1. The Morgan fingerprint density at radius 2 is 1.71 bits per heavy atom. The predicted molar refractivity (Wildman–Crippen MR) is 81.8 cm³/mol. The van der Waals surface area contributed by atoms with Gasteiger partial charge in [-0.3, -0.25) is 4.79 Å². The Hall–Kier alpha value is -1.88. The molecule has 0 aliphatic carbocycles. The van der Waals surface area contributed by atoms with E-state index in [0.29, 0.717) is 22.3 Å². The lowest BCUT2D eigenvalue weighted by Gasteiger charge is -2.07. The van der Waals surface area contributed by atoms with Crippen LogP contribution in [0.3, 0.4) is 0 Å². The van der Waals surface area contributed by atoms with Crippen molar-refractivity contribution in [2.75, 3.05) is 5.32 Å². The molecular formula is C16H15F2NOS. The number of hydrogen-bond acceptors (Lipinski definition) is 2. The Morgan fingerprint density at radius 3 is 2.29 bits per heavy atom. The number of thioether (sulfide) groups is 1.